The molecule has 0 saturated heterocycles. The molecule has 8 nitrogen and oxygen atoms in total. The van der Waals surface area contributed by atoms with Crippen LogP contribution in [0.25, 0.3) is 0 Å². The van der Waals surface area contributed by atoms with E-state index in [2.05, 4.69) is 9.56 Å². The Labute approximate surface area is 140 Å². The highest BCUT2D eigenvalue weighted by atomic mass is 31.2. The maximum absolute atomic E-state index is 10.8. The van der Waals surface area contributed by atoms with Gasteiger partial charge in [0.1, 0.15) is 0 Å². The number of hydrogen-bond acceptors (Lipinski definition) is 5. The largest absolute Gasteiger partial charge is 0.505 e. The molecule has 1 aromatic carbocycles. The summed E-state index contributed by atoms with van der Waals surface area (Å²) in [6.07, 6.45) is 3.71. The molecule has 0 spiro atoms. The molecule has 3 N–H and O–H groups in total. The number of carboxylic acids is 1. The molecule has 0 aromatic heterocycles. The van der Waals surface area contributed by atoms with Gasteiger partial charge in [0, 0.05) is 6.42 Å². The molecule has 0 radical (unpaired) electrons. The third-order valence-electron chi connectivity index (χ3n) is 2.76. The highest BCUT2D eigenvalue weighted by molar-refractivity contribution is 7.46. The summed E-state index contributed by atoms with van der Waals surface area (Å²) in [5, 5.41) is 8.48. The van der Waals surface area contributed by atoms with Gasteiger partial charge in [-0.1, -0.05) is 48.6 Å². The van der Waals surface area contributed by atoms with Crippen LogP contribution in [0.5, 0.6) is 0 Å². The molecule has 0 aliphatic carbocycles. The van der Waals surface area contributed by atoms with Gasteiger partial charge in [-0.05, 0) is 25.5 Å². The highest BCUT2D eigenvalue weighted by Gasteiger charge is 2.18. The first-order valence-corrected chi connectivity index (χ1v) is 8.93. The Morgan fingerprint density at radius 3 is 2.12 bits per heavy atom. The normalized spacial score (nSPS) is 10.5. The molecule has 0 aliphatic rings. The van der Waals surface area contributed by atoms with Crippen molar-refractivity contribution in [2.75, 3.05) is 0 Å². The number of hydrogen-bond donors (Lipinski definition) is 3. The minimum Gasteiger partial charge on any atom is -0.478 e. The fraction of sp³-hybridized carbons (Fsp3) is 0.467. The van der Waals surface area contributed by atoms with Gasteiger partial charge in [0.05, 0.1) is 5.56 Å². The molecule has 0 amide bonds. The van der Waals surface area contributed by atoms with Crippen molar-refractivity contribution in [3.05, 3.63) is 35.4 Å². The lowest BCUT2D eigenvalue weighted by molar-refractivity contribution is -0.222. The summed E-state index contributed by atoms with van der Waals surface area (Å²) in [7, 11) is -4.71. The van der Waals surface area contributed by atoms with E-state index in [0.717, 1.165) is 24.8 Å². The minimum atomic E-state index is -4.71. The Morgan fingerprint density at radius 2 is 1.67 bits per heavy atom. The second-order valence-corrected chi connectivity index (χ2v) is 6.13. The van der Waals surface area contributed by atoms with Crippen LogP contribution in [0.2, 0.25) is 0 Å². The van der Waals surface area contributed by atoms with Crippen LogP contribution in [0.3, 0.4) is 0 Å². The quantitative estimate of drug-likeness (QED) is 0.278. The zero-order valence-corrected chi connectivity index (χ0v) is 14.6. The van der Waals surface area contributed by atoms with E-state index in [1.165, 1.54) is 0 Å². The first-order chi connectivity index (χ1) is 11.2. The summed E-state index contributed by atoms with van der Waals surface area (Å²) in [4.78, 5) is 41.3. The molecule has 0 unspecified atom stereocenters. The topological polar surface area (TPSA) is 130 Å². The van der Waals surface area contributed by atoms with E-state index in [9.17, 15) is 14.2 Å². The lowest BCUT2D eigenvalue weighted by Crippen LogP contribution is -2.03. The van der Waals surface area contributed by atoms with E-state index in [1.54, 1.807) is 24.3 Å². The molecule has 0 bridgehead atoms. The number of aryl methyl sites for hydroxylation is 1. The Bertz CT molecular complexity index is 549. The number of carboxylic acid groups (broad SMARTS) is 1. The molecule has 0 aliphatic heterocycles. The van der Waals surface area contributed by atoms with E-state index in [0.29, 0.717) is 12.0 Å². The van der Waals surface area contributed by atoms with Gasteiger partial charge in [0.2, 0.25) is 0 Å². The molecule has 0 heterocycles. The van der Waals surface area contributed by atoms with E-state index < -0.39 is 19.8 Å². The van der Waals surface area contributed by atoms with Crippen molar-refractivity contribution in [1.29, 1.82) is 0 Å². The molecule has 9 heteroatoms. The predicted octanol–water partition coefficient (Wildman–Crippen LogP) is 3.22. The predicted molar refractivity (Wildman–Crippen MR) is 86.1 cm³/mol. The molecule has 1 aromatic rings. The molecule has 24 heavy (non-hydrogen) atoms. The molecular weight excluding hydrogens is 339 g/mol. The van der Waals surface area contributed by atoms with Crippen molar-refractivity contribution in [2.45, 2.75) is 46.0 Å². The van der Waals surface area contributed by atoms with Crippen molar-refractivity contribution in [1.82, 2.24) is 0 Å². The van der Waals surface area contributed by atoms with Crippen LogP contribution in [0, 0.1) is 6.92 Å². The number of phosphoric acid groups is 1. The monoisotopic (exact) mass is 362 g/mol. The summed E-state index contributed by atoms with van der Waals surface area (Å²) in [5.41, 5.74) is 1.41. The number of rotatable bonds is 8. The summed E-state index contributed by atoms with van der Waals surface area (Å²) in [6.45, 7) is 3.96. The maximum atomic E-state index is 10.8. The molecule has 1 rings (SSSR count). The van der Waals surface area contributed by atoms with E-state index in [-0.39, 0.29) is 6.42 Å². The summed E-state index contributed by atoms with van der Waals surface area (Å²) >= 11 is 0. The van der Waals surface area contributed by atoms with Gasteiger partial charge in [-0.2, -0.15) is 0 Å². The van der Waals surface area contributed by atoms with Gasteiger partial charge in [0.15, 0.2) is 0 Å². The van der Waals surface area contributed by atoms with Gasteiger partial charge >= 0.3 is 19.8 Å². The molecule has 0 saturated carbocycles. The Balaban J connectivity index is 0.000000463. The second kappa shape index (κ2) is 11.8. The first kappa shape index (κ1) is 22.3. The number of carbonyl (C=O) groups excluding carboxylic acids is 1. The van der Waals surface area contributed by atoms with E-state index in [1.807, 2.05) is 13.8 Å². The maximum Gasteiger partial charge on any atom is 0.505 e. The van der Waals surface area contributed by atoms with Crippen LogP contribution in [-0.2, 0) is 18.9 Å². The minimum absolute atomic E-state index is 0.111. The van der Waals surface area contributed by atoms with Crippen LogP contribution in [0.15, 0.2) is 24.3 Å². The van der Waals surface area contributed by atoms with Crippen LogP contribution >= 0.6 is 7.82 Å². The Morgan fingerprint density at radius 1 is 1.08 bits per heavy atom. The van der Waals surface area contributed by atoms with E-state index in [4.69, 9.17) is 14.9 Å². The lowest BCUT2D eigenvalue weighted by atomic mass is 10.2. The van der Waals surface area contributed by atoms with E-state index >= 15 is 0 Å². The third-order valence-corrected chi connectivity index (χ3v) is 3.03. The number of unbranched alkanes of at least 4 members (excludes halogenated alkanes) is 3. The van der Waals surface area contributed by atoms with Crippen LogP contribution in [-0.4, -0.2) is 26.8 Å². The summed E-state index contributed by atoms with van der Waals surface area (Å²) in [5.74, 6) is -1.63. The lowest BCUT2D eigenvalue weighted by Gasteiger charge is -2.03. The standard InChI is InChI=1S/C8H8O2.C7H15O6P/c1-6-2-4-7(5-3-6)8(9)10;1-2-3-4-5-6-7(8)12-13-14(9,10)11/h2-5H,1H3,(H,9,10);2-6H2,1H3,(H2,9,10,11). The first-order valence-electron chi connectivity index (χ1n) is 7.40. The Kier molecular flexibility index (Phi) is 10.9. The summed E-state index contributed by atoms with van der Waals surface area (Å²) < 4.78 is 13.7. The van der Waals surface area contributed by atoms with Gasteiger partial charge in [0.25, 0.3) is 0 Å². The van der Waals surface area contributed by atoms with Gasteiger partial charge in [-0.25, -0.2) is 14.2 Å². The smallest absolute Gasteiger partial charge is 0.478 e. The molecule has 136 valence electrons. The molecule has 0 fully saturated rings. The average molecular weight is 362 g/mol. The van der Waals surface area contributed by atoms with Crippen molar-refractivity contribution >= 4 is 19.8 Å². The zero-order chi connectivity index (χ0) is 18.6. The van der Waals surface area contributed by atoms with Gasteiger partial charge in [-0.3, -0.25) is 4.89 Å². The molecular formula is C15H23O8P. The van der Waals surface area contributed by atoms with Crippen molar-refractivity contribution < 1.29 is 38.6 Å². The average Bonchev–Trinajstić information content (AvgIpc) is 2.50. The fourth-order valence-electron chi connectivity index (χ4n) is 1.52. The molecule has 0 atom stereocenters. The second-order valence-electron chi connectivity index (χ2n) is 5.00. The number of aromatic carboxylic acids is 1. The highest BCUT2D eigenvalue weighted by Crippen LogP contribution is 2.36. The fourth-order valence-corrected chi connectivity index (χ4v) is 1.70. The van der Waals surface area contributed by atoms with Crippen LogP contribution in [0.1, 0.15) is 54.9 Å². The SMILES string of the molecule is CCCCCCC(=O)OOP(=O)(O)O.Cc1ccc(C(=O)O)cc1. The van der Waals surface area contributed by atoms with Gasteiger partial charge in [-0.15, -0.1) is 0 Å². The number of carbonyl (C=O) groups is 2. The van der Waals surface area contributed by atoms with Crippen LogP contribution in [0.4, 0.5) is 0 Å². The van der Waals surface area contributed by atoms with Crippen molar-refractivity contribution in [2.24, 2.45) is 0 Å². The van der Waals surface area contributed by atoms with Crippen molar-refractivity contribution in [3.63, 3.8) is 0 Å². The Hall–Kier alpha value is -1.73. The van der Waals surface area contributed by atoms with Crippen molar-refractivity contribution in [3.8, 4) is 0 Å². The third kappa shape index (κ3) is 12.8. The summed E-state index contributed by atoms with van der Waals surface area (Å²) in [6, 6.07) is 6.75. The van der Waals surface area contributed by atoms with Gasteiger partial charge < -0.3 is 14.9 Å². The number of benzene rings is 1. The van der Waals surface area contributed by atoms with Crippen LogP contribution < -0.4 is 0 Å². The zero-order valence-electron chi connectivity index (χ0n) is 13.7.